The Morgan fingerprint density at radius 1 is 0.974 bits per heavy atom. The van der Waals surface area contributed by atoms with E-state index in [2.05, 4.69) is 10.4 Å². The molecule has 39 heavy (non-hydrogen) atoms. The smallest absolute Gasteiger partial charge is 0.251 e. The van der Waals surface area contributed by atoms with Crippen molar-refractivity contribution in [2.24, 2.45) is 13.0 Å². The first-order chi connectivity index (χ1) is 18.7. The summed E-state index contributed by atoms with van der Waals surface area (Å²) in [5.41, 5.74) is 5.54. The van der Waals surface area contributed by atoms with Crippen LogP contribution in [-0.4, -0.2) is 28.0 Å². The van der Waals surface area contributed by atoms with E-state index in [4.69, 9.17) is 4.42 Å². The van der Waals surface area contributed by atoms with Crippen molar-refractivity contribution < 1.29 is 18.4 Å². The molecule has 198 valence electrons. The number of rotatable bonds is 8. The molecule has 0 fully saturated rings. The quantitative estimate of drug-likeness (QED) is 0.217. The molecule has 6 nitrogen and oxygen atoms in total. The van der Waals surface area contributed by atoms with Gasteiger partial charge in [0.2, 0.25) is 0 Å². The predicted molar refractivity (Wildman–Crippen MR) is 151 cm³/mol. The van der Waals surface area contributed by atoms with Crippen LogP contribution >= 0.6 is 0 Å². The maximum absolute atomic E-state index is 13.6. The van der Waals surface area contributed by atoms with Crippen LogP contribution in [0.15, 0.2) is 77.5 Å². The number of furan rings is 1. The minimum atomic E-state index is -0.358. The molecule has 0 aliphatic carbocycles. The third-order valence-electron chi connectivity index (χ3n) is 6.68. The number of nitrogens with one attached hydrogen (secondary N) is 1. The average molecular weight is 524 g/mol. The lowest BCUT2D eigenvalue weighted by atomic mass is 9.94. The Hall–Kier alpha value is -4.52. The largest absolute Gasteiger partial charge is 0.455 e. The maximum Gasteiger partial charge on any atom is 0.251 e. The highest BCUT2D eigenvalue weighted by molar-refractivity contribution is 6.13. The summed E-state index contributed by atoms with van der Waals surface area (Å²) in [5, 5.41) is 7.98. The van der Waals surface area contributed by atoms with Gasteiger partial charge in [0.05, 0.1) is 11.8 Å². The Morgan fingerprint density at radius 3 is 2.33 bits per heavy atom. The molecular formula is C32H30FN3O3. The molecule has 1 amide bonds. The molecule has 2 aromatic heterocycles. The Morgan fingerprint density at radius 2 is 1.67 bits per heavy atom. The molecular weight excluding hydrogens is 493 g/mol. The molecule has 0 bridgehead atoms. The van der Waals surface area contributed by atoms with Crippen molar-refractivity contribution in [3.05, 3.63) is 90.0 Å². The van der Waals surface area contributed by atoms with Crippen LogP contribution in [0.5, 0.6) is 0 Å². The van der Waals surface area contributed by atoms with Crippen molar-refractivity contribution >= 4 is 22.7 Å². The Labute approximate surface area is 226 Å². The van der Waals surface area contributed by atoms with Gasteiger partial charge in [0.25, 0.3) is 5.91 Å². The van der Waals surface area contributed by atoms with Crippen molar-refractivity contribution in [1.82, 2.24) is 15.1 Å². The molecule has 5 rings (SSSR count). The third-order valence-corrected chi connectivity index (χ3v) is 6.68. The van der Waals surface area contributed by atoms with Gasteiger partial charge in [-0.05, 0) is 65.1 Å². The lowest BCUT2D eigenvalue weighted by Gasteiger charge is -2.13. The first-order valence-electron chi connectivity index (χ1n) is 13.0. The average Bonchev–Trinajstić information content (AvgIpc) is 3.54. The molecule has 0 unspecified atom stereocenters. The second-order valence-corrected chi connectivity index (χ2v) is 10.1. The molecule has 0 saturated heterocycles. The highest BCUT2D eigenvalue weighted by atomic mass is 19.1. The molecule has 0 saturated carbocycles. The summed E-state index contributed by atoms with van der Waals surface area (Å²) in [4.78, 5) is 26.4. The van der Waals surface area contributed by atoms with Crippen LogP contribution in [0.4, 0.5) is 4.39 Å². The topological polar surface area (TPSA) is 77.1 Å². The van der Waals surface area contributed by atoms with Gasteiger partial charge in [-0.15, -0.1) is 0 Å². The first-order valence-corrected chi connectivity index (χ1v) is 13.0. The van der Waals surface area contributed by atoms with Gasteiger partial charge in [-0.2, -0.15) is 5.10 Å². The van der Waals surface area contributed by atoms with Crippen molar-refractivity contribution in [3.63, 3.8) is 0 Å². The lowest BCUT2D eigenvalue weighted by Crippen LogP contribution is -2.27. The SMILES string of the molecule is CCC(=O)c1c(-c2ccc(F)cc2)oc2ccc(-c3ccc(-c4cnn(C)c4)c(C(=O)NCC(C)C)c3)cc12. The number of carbonyl (C=O) groups is 2. The molecule has 3 aromatic carbocycles. The van der Waals surface area contributed by atoms with Crippen molar-refractivity contribution in [2.75, 3.05) is 6.54 Å². The van der Waals surface area contributed by atoms with E-state index in [9.17, 15) is 14.0 Å². The Balaban J connectivity index is 1.63. The van der Waals surface area contributed by atoms with Crippen LogP contribution in [0.2, 0.25) is 0 Å². The van der Waals surface area contributed by atoms with Gasteiger partial charge >= 0.3 is 0 Å². The van der Waals surface area contributed by atoms with Crippen LogP contribution in [0, 0.1) is 11.7 Å². The van der Waals surface area contributed by atoms with Gasteiger partial charge < -0.3 is 9.73 Å². The first kappa shape index (κ1) is 26.1. The summed E-state index contributed by atoms with van der Waals surface area (Å²) in [5.74, 6) is 0.158. The molecule has 7 heteroatoms. The fourth-order valence-corrected chi connectivity index (χ4v) is 4.65. The van der Waals surface area contributed by atoms with Gasteiger partial charge in [-0.3, -0.25) is 14.3 Å². The van der Waals surface area contributed by atoms with Gasteiger partial charge in [-0.25, -0.2) is 4.39 Å². The van der Waals surface area contributed by atoms with E-state index in [0.29, 0.717) is 52.3 Å². The Kier molecular flexibility index (Phi) is 7.15. The van der Waals surface area contributed by atoms with E-state index in [-0.39, 0.29) is 17.5 Å². The molecule has 5 aromatic rings. The predicted octanol–water partition coefficient (Wildman–Crippen LogP) is 7.28. The second-order valence-electron chi connectivity index (χ2n) is 10.1. The van der Waals surface area contributed by atoms with Crippen LogP contribution in [-0.2, 0) is 7.05 Å². The number of ketones is 1. The fraction of sp³-hybridized carbons (Fsp3) is 0.219. The van der Waals surface area contributed by atoms with Crippen molar-refractivity contribution in [1.29, 1.82) is 0 Å². The summed E-state index contributed by atoms with van der Waals surface area (Å²) in [6.45, 7) is 6.46. The summed E-state index contributed by atoms with van der Waals surface area (Å²) in [7, 11) is 1.84. The number of hydrogen-bond acceptors (Lipinski definition) is 4. The molecule has 2 heterocycles. The minimum absolute atomic E-state index is 0.0640. The number of fused-ring (bicyclic) bond motifs is 1. The van der Waals surface area contributed by atoms with E-state index in [0.717, 1.165) is 22.3 Å². The molecule has 1 N–H and O–H groups in total. The van der Waals surface area contributed by atoms with Crippen molar-refractivity contribution in [2.45, 2.75) is 27.2 Å². The van der Waals surface area contributed by atoms with Crippen LogP contribution < -0.4 is 5.32 Å². The molecule has 0 spiro atoms. The Bertz CT molecular complexity index is 1680. The van der Waals surface area contributed by atoms with E-state index in [1.54, 1.807) is 29.9 Å². The van der Waals surface area contributed by atoms with E-state index in [1.165, 1.54) is 12.1 Å². The zero-order valence-electron chi connectivity index (χ0n) is 22.4. The zero-order valence-corrected chi connectivity index (χ0v) is 22.4. The number of halogens is 1. The summed E-state index contributed by atoms with van der Waals surface area (Å²) in [6, 6.07) is 17.4. The number of aryl methyl sites for hydroxylation is 1. The zero-order chi connectivity index (χ0) is 27.7. The summed E-state index contributed by atoms with van der Waals surface area (Å²) in [6.07, 6.45) is 3.92. The number of nitrogens with zero attached hydrogens (tertiary/aromatic N) is 2. The number of benzene rings is 3. The van der Waals surface area contributed by atoms with Crippen LogP contribution in [0.1, 0.15) is 47.9 Å². The summed E-state index contributed by atoms with van der Waals surface area (Å²) >= 11 is 0. The van der Waals surface area contributed by atoms with Crippen LogP contribution in [0.3, 0.4) is 0 Å². The highest BCUT2D eigenvalue weighted by Crippen LogP contribution is 2.37. The van der Waals surface area contributed by atoms with Crippen LogP contribution in [0.25, 0.3) is 44.5 Å². The third kappa shape index (κ3) is 5.25. The van der Waals surface area contributed by atoms with Gasteiger partial charge in [0, 0.05) is 48.3 Å². The van der Waals surface area contributed by atoms with Gasteiger partial charge in [-0.1, -0.05) is 39.0 Å². The van der Waals surface area contributed by atoms with Gasteiger partial charge in [0.1, 0.15) is 17.2 Å². The maximum atomic E-state index is 13.6. The highest BCUT2D eigenvalue weighted by Gasteiger charge is 2.22. The monoisotopic (exact) mass is 523 g/mol. The molecule has 0 atom stereocenters. The van der Waals surface area contributed by atoms with Gasteiger partial charge in [0.15, 0.2) is 5.78 Å². The molecule has 0 radical (unpaired) electrons. The fourth-order valence-electron chi connectivity index (χ4n) is 4.65. The van der Waals surface area contributed by atoms with E-state index < -0.39 is 0 Å². The molecule has 0 aliphatic heterocycles. The number of aromatic nitrogens is 2. The number of amides is 1. The number of Topliss-reactive ketones (excluding diaryl/α,β-unsaturated/α-hetero) is 1. The summed E-state index contributed by atoms with van der Waals surface area (Å²) < 4.78 is 21.4. The normalized spacial score (nSPS) is 11.3. The van der Waals surface area contributed by atoms with E-state index in [1.807, 2.05) is 63.5 Å². The van der Waals surface area contributed by atoms with Crippen molar-refractivity contribution in [3.8, 4) is 33.6 Å². The lowest BCUT2D eigenvalue weighted by molar-refractivity contribution is 0.0948. The molecule has 0 aliphatic rings. The second kappa shape index (κ2) is 10.7. The number of hydrogen-bond donors (Lipinski definition) is 1. The number of carbonyl (C=O) groups excluding carboxylic acids is 2. The standard InChI is InChI=1S/C32H30FN3O3/c1-5-28(37)30-27-15-22(9-13-29(27)39-31(30)20-6-10-24(33)11-7-20)21-8-12-25(23-17-35-36(4)18-23)26(14-21)32(38)34-16-19(2)3/h6-15,17-19H,5,16H2,1-4H3,(H,34,38). The van der Waals surface area contributed by atoms with E-state index >= 15 is 0 Å². The minimum Gasteiger partial charge on any atom is -0.455 e.